The van der Waals surface area contributed by atoms with E-state index in [9.17, 15) is 14.7 Å². The smallest absolute Gasteiger partial charge is 0.418 e. The van der Waals surface area contributed by atoms with Crippen molar-refractivity contribution in [1.29, 1.82) is 0 Å². The Labute approximate surface area is 175 Å². The summed E-state index contributed by atoms with van der Waals surface area (Å²) in [7, 11) is 0. The molecule has 6 heteroatoms. The minimum absolute atomic E-state index is 0.280. The molecule has 0 saturated carbocycles. The molecular formula is C24H26FNO4. The molecule has 0 aliphatic carbocycles. The number of carbonyl (C=O) groups is 2. The molecule has 0 spiro atoms. The molecule has 2 aromatic rings. The Kier molecular flexibility index (Phi) is 5.81. The standard InChI is InChI=1S/C24H26FNO4/c1-5-19(27)23(4,25)21(28)26-20(16(2)3)24(30-22(26)29,17-12-8-6-9-13-17)18-14-10-7-11-15-18/h5-16,19-20,27H,1H2,2-4H3/t19-,20-,23?/m1/s1. The molecule has 0 radical (unpaired) electrons. The number of rotatable bonds is 6. The highest BCUT2D eigenvalue weighted by Gasteiger charge is 2.62. The Morgan fingerprint density at radius 1 is 1.17 bits per heavy atom. The summed E-state index contributed by atoms with van der Waals surface area (Å²) in [6, 6.07) is 17.4. The van der Waals surface area contributed by atoms with E-state index in [1.54, 1.807) is 0 Å². The zero-order valence-electron chi connectivity index (χ0n) is 17.3. The van der Waals surface area contributed by atoms with Crippen LogP contribution in [0.5, 0.6) is 0 Å². The van der Waals surface area contributed by atoms with Gasteiger partial charge in [0.2, 0.25) is 5.67 Å². The van der Waals surface area contributed by atoms with Gasteiger partial charge in [0.25, 0.3) is 5.91 Å². The molecule has 0 aromatic heterocycles. The highest BCUT2D eigenvalue weighted by Crippen LogP contribution is 2.48. The van der Waals surface area contributed by atoms with Crippen LogP contribution in [0, 0.1) is 5.92 Å². The van der Waals surface area contributed by atoms with Crippen molar-refractivity contribution in [2.24, 2.45) is 5.92 Å². The molecule has 5 nitrogen and oxygen atoms in total. The first kappa shape index (κ1) is 21.7. The van der Waals surface area contributed by atoms with Crippen molar-refractivity contribution in [2.75, 3.05) is 0 Å². The maximum atomic E-state index is 15.3. The van der Waals surface area contributed by atoms with Gasteiger partial charge in [0.05, 0.1) is 6.04 Å². The molecule has 3 rings (SSSR count). The van der Waals surface area contributed by atoms with Gasteiger partial charge in [0.15, 0.2) is 5.60 Å². The molecule has 158 valence electrons. The molecule has 1 N–H and O–H groups in total. The monoisotopic (exact) mass is 411 g/mol. The predicted octanol–water partition coefficient (Wildman–Crippen LogP) is 4.21. The molecule has 1 fully saturated rings. The third kappa shape index (κ3) is 3.31. The number of benzene rings is 2. The molecule has 3 atom stereocenters. The second-order valence-corrected chi connectivity index (χ2v) is 7.96. The van der Waals surface area contributed by atoms with Gasteiger partial charge < -0.3 is 9.84 Å². The lowest BCUT2D eigenvalue weighted by atomic mass is 9.75. The number of aliphatic hydroxyl groups is 1. The third-order valence-electron chi connectivity index (χ3n) is 5.59. The van der Waals surface area contributed by atoms with Crippen LogP contribution in [0.2, 0.25) is 0 Å². The van der Waals surface area contributed by atoms with Gasteiger partial charge >= 0.3 is 6.09 Å². The van der Waals surface area contributed by atoms with E-state index < -0.39 is 35.4 Å². The number of imide groups is 1. The number of hydrogen-bond donors (Lipinski definition) is 1. The first-order valence-electron chi connectivity index (χ1n) is 9.85. The van der Waals surface area contributed by atoms with E-state index in [0.29, 0.717) is 11.1 Å². The van der Waals surface area contributed by atoms with Gasteiger partial charge in [-0.15, -0.1) is 6.58 Å². The normalized spacial score (nSPS) is 21.1. The topological polar surface area (TPSA) is 66.8 Å². The zero-order valence-corrected chi connectivity index (χ0v) is 17.3. The number of amides is 2. The first-order chi connectivity index (χ1) is 14.2. The average Bonchev–Trinajstić information content (AvgIpc) is 3.07. The number of aliphatic hydroxyl groups excluding tert-OH is 1. The van der Waals surface area contributed by atoms with Crippen molar-refractivity contribution in [3.8, 4) is 0 Å². The summed E-state index contributed by atoms with van der Waals surface area (Å²) >= 11 is 0. The van der Waals surface area contributed by atoms with E-state index in [2.05, 4.69) is 6.58 Å². The molecule has 1 aliphatic rings. The van der Waals surface area contributed by atoms with Crippen LogP contribution in [0.15, 0.2) is 73.3 Å². The molecule has 1 saturated heterocycles. The van der Waals surface area contributed by atoms with Crippen LogP contribution in [0.1, 0.15) is 31.9 Å². The quantitative estimate of drug-likeness (QED) is 0.723. The van der Waals surface area contributed by atoms with Crippen molar-refractivity contribution in [3.05, 3.63) is 84.4 Å². The highest BCUT2D eigenvalue weighted by atomic mass is 19.1. The van der Waals surface area contributed by atoms with Crippen LogP contribution < -0.4 is 0 Å². The van der Waals surface area contributed by atoms with Gasteiger partial charge in [-0.05, 0) is 12.8 Å². The summed E-state index contributed by atoms with van der Waals surface area (Å²) in [5, 5.41) is 10.00. The number of nitrogens with zero attached hydrogens (tertiary/aromatic N) is 1. The summed E-state index contributed by atoms with van der Waals surface area (Å²) in [6.07, 6.45) is -1.79. The predicted molar refractivity (Wildman–Crippen MR) is 111 cm³/mol. The van der Waals surface area contributed by atoms with Crippen LogP contribution >= 0.6 is 0 Å². The van der Waals surface area contributed by atoms with E-state index in [0.717, 1.165) is 17.9 Å². The summed E-state index contributed by atoms with van der Waals surface area (Å²) < 4.78 is 21.2. The lowest BCUT2D eigenvalue weighted by molar-refractivity contribution is -0.147. The zero-order chi connectivity index (χ0) is 22.1. The van der Waals surface area contributed by atoms with Crippen LogP contribution in [0.25, 0.3) is 0 Å². The minimum Gasteiger partial charge on any atom is -0.430 e. The molecule has 30 heavy (non-hydrogen) atoms. The highest BCUT2D eigenvalue weighted by molar-refractivity contribution is 5.99. The fourth-order valence-corrected chi connectivity index (χ4v) is 4.10. The Hall–Kier alpha value is -2.99. The minimum atomic E-state index is -2.74. The van der Waals surface area contributed by atoms with Crippen LogP contribution in [-0.4, -0.2) is 39.8 Å². The molecular weight excluding hydrogens is 385 g/mol. The van der Waals surface area contributed by atoms with Crippen LogP contribution in [-0.2, 0) is 15.1 Å². The van der Waals surface area contributed by atoms with Gasteiger partial charge in [-0.2, -0.15) is 0 Å². The molecule has 1 aliphatic heterocycles. The van der Waals surface area contributed by atoms with Gasteiger partial charge in [0, 0.05) is 11.1 Å². The second kappa shape index (κ2) is 8.03. The van der Waals surface area contributed by atoms with E-state index in [4.69, 9.17) is 4.74 Å². The largest absolute Gasteiger partial charge is 0.430 e. The Morgan fingerprint density at radius 3 is 2.03 bits per heavy atom. The third-order valence-corrected chi connectivity index (χ3v) is 5.59. The number of alkyl halides is 1. The SMILES string of the molecule is C=C[C@@H](O)C(C)(F)C(=O)N1C(=O)OC(c2ccccc2)(c2ccccc2)[C@H]1C(C)C. The molecule has 2 aromatic carbocycles. The van der Waals surface area contributed by atoms with E-state index in [1.165, 1.54) is 0 Å². The lowest BCUT2D eigenvalue weighted by Gasteiger charge is -2.38. The maximum Gasteiger partial charge on any atom is 0.418 e. The summed E-state index contributed by atoms with van der Waals surface area (Å²) in [4.78, 5) is 27.1. The molecule has 2 amide bonds. The number of halogens is 1. The summed E-state index contributed by atoms with van der Waals surface area (Å²) in [5.41, 5.74) is -2.72. The Morgan fingerprint density at radius 2 is 1.63 bits per heavy atom. The van der Waals surface area contributed by atoms with Crippen molar-refractivity contribution in [3.63, 3.8) is 0 Å². The first-order valence-corrected chi connectivity index (χ1v) is 9.85. The fourth-order valence-electron chi connectivity index (χ4n) is 4.10. The maximum absolute atomic E-state index is 15.3. The summed E-state index contributed by atoms with van der Waals surface area (Å²) in [5.74, 6) is -1.44. The molecule has 1 unspecified atom stereocenters. The number of hydrogen-bond acceptors (Lipinski definition) is 4. The van der Waals surface area contributed by atoms with Gasteiger partial charge in [0.1, 0.15) is 6.10 Å². The van der Waals surface area contributed by atoms with Crippen molar-refractivity contribution in [2.45, 2.75) is 44.2 Å². The average molecular weight is 411 g/mol. The van der Waals surface area contributed by atoms with Crippen molar-refractivity contribution in [1.82, 2.24) is 4.90 Å². The van der Waals surface area contributed by atoms with Gasteiger partial charge in [-0.25, -0.2) is 14.1 Å². The number of ether oxygens (including phenoxy) is 1. The lowest BCUT2D eigenvalue weighted by Crippen LogP contribution is -2.57. The second-order valence-electron chi connectivity index (χ2n) is 7.96. The van der Waals surface area contributed by atoms with Crippen LogP contribution in [0.4, 0.5) is 9.18 Å². The number of carbonyl (C=O) groups excluding carboxylic acids is 2. The van der Waals surface area contributed by atoms with E-state index in [1.807, 2.05) is 74.5 Å². The van der Waals surface area contributed by atoms with Gasteiger partial charge in [-0.3, -0.25) is 4.79 Å². The van der Waals surface area contributed by atoms with Crippen molar-refractivity contribution < 1.29 is 23.8 Å². The Balaban J connectivity index is 2.24. The van der Waals surface area contributed by atoms with Crippen molar-refractivity contribution >= 4 is 12.0 Å². The molecule has 1 heterocycles. The fraction of sp³-hybridized carbons (Fsp3) is 0.333. The van der Waals surface area contributed by atoms with Gasteiger partial charge in [-0.1, -0.05) is 80.6 Å². The molecule has 0 bridgehead atoms. The number of cyclic esters (lactones) is 1. The summed E-state index contributed by atoms with van der Waals surface area (Å²) in [6.45, 7) is 7.98. The van der Waals surface area contributed by atoms with E-state index >= 15 is 4.39 Å². The van der Waals surface area contributed by atoms with E-state index in [-0.39, 0.29) is 5.92 Å². The Bertz CT molecular complexity index is 887. The van der Waals surface area contributed by atoms with Crippen LogP contribution in [0.3, 0.4) is 0 Å².